The van der Waals surface area contributed by atoms with Crippen LogP contribution in [-0.2, 0) is 26.0 Å². The zero-order valence-corrected chi connectivity index (χ0v) is 23.9. The van der Waals surface area contributed by atoms with Crippen LogP contribution in [0, 0.1) is 18.8 Å². The summed E-state index contributed by atoms with van der Waals surface area (Å²) in [6.07, 6.45) is 0.466. The van der Waals surface area contributed by atoms with E-state index in [0.29, 0.717) is 18.7 Å². The molecule has 11 heteroatoms. The smallest absolute Gasteiger partial charge is 0.327 e. The molecule has 4 rings (SSSR count). The largest absolute Gasteiger partial charge is 0.459 e. The molecule has 1 aliphatic heterocycles. The van der Waals surface area contributed by atoms with E-state index in [2.05, 4.69) is 10.5 Å². The number of amides is 2. The molecule has 0 saturated carbocycles. The maximum atomic E-state index is 13.9. The number of hydrogen-bond donors (Lipinski definition) is 1. The summed E-state index contributed by atoms with van der Waals surface area (Å²) in [6.45, 7) is 8.58. The number of fused-ring (bicyclic) bond motifs is 1. The number of sulfonamides is 1. The van der Waals surface area contributed by atoms with Gasteiger partial charge in [0.05, 0.1) is 16.3 Å². The van der Waals surface area contributed by atoms with Crippen molar-refractivity contribution >= 4 is 44.8 Å². The van der Waals surface area contributed by atoms with Gasteiger partial charge in [0.15, 0.2) is 0 Å². The number of rotatable bonds is 7. The van der Waals surface area contributed by atoms with Gasteiger partial charge in [0, 0.05) is 12.2 Å². The molecule has 3 aromatic rings. The van der Waals surface area contributed by atoms with E-state index in [4.69, 9.17) is 4.74 Å². The van der Waals surface area contributed by atoms with Gasteiger partial charge >= 0.3 is 12.0 Å². The van der Waals surface area contributed by atoms with Crippen LogP contribution in [0.25, 0.3) is 0 Å². The number of esters is 1. The van der Waals surface area contributed by atoms with Gasteiger partial charge in [0.1, 0.15) is 17.8 Å². The second-order valence-corrected chi connectivity index (χ2v) is 12.5. The normalized spacial score (nSPS) is 13.0. The standard InChI is InChI=1S/C29H32N4O6S/c1-19-14-20(2)16-23(15-19)40(37,38)33(18-27(34)39-29(3,4)5)22-10-11-26-21(17-22)12-13-32(26)28(35)30-24-8-6-7-9-25(24)31-36/h6-11,14-17H,12-13,18H2,1-5H3,(H,30,35). The van der Waals surface area contributed by atoms with Gasteiger partial charge in [0.2, 0.25) is 0 Å². The van der Waals surface area contributed by atoms with Crippen LogP contribution in [-0.4, -0.2) is 39.1 Å². The highest BCUT2D eigenvalue weighted by Gasteiger charge is 2.32. The third-order valence-electron chi connectivity index (χ3n) is 6.21. The summed E-state index contributed by atoms with van der Waals surface area (Å²) >= 11 is 0. The van der Waals surface area contributed by atoms with Crippen LogP contribution in [0.15, 0.2) is 70.7 Å². The van der Waals surface area contributed by atoms with E-state index in [1.807, 2.05) is 19.9 Å². The molecule has 210 valence electrons. The van der Waals surface area contributed by atoms with Crippen molar-refractivity contribution < 1.29 is 22.7 Å². The molecule has 1 heterocycles. The molecule has 10 nitrogen and oxygen atoms in total. The third-order valence-corrected chi connectivity index (χ3v) is 7.96. The summed E-state index contributed by atoms with van der Waals surface area (Å²) in [5.74, 6) is -0.690. The minimum atomic E-state index is -4.15. The second-order valence-electron chi connectivity index (χ2n) is 10.7. The lowest BCUT2D eigenvalue weighted by atomic mass is 10.1. The van der Waals surface area contributed by atoms with Gasteiger partial charge in [-0.05, 0) is 105 Å². The van der Waals surface area contributed by atoms with E-state index in [0.717, 1.165) is 21.0 Å². The first-order valence-corrected chi connectivity index (χ1v) is 14.2. The van der Waals surface area contributed by atoms with Crippen molar-refractivity contribution in [1.29, 1.82) is 0 Å². The number of hydrogen-bond acceptors (Lipinski definition) is 7. The van der Waals surface area contributed by atoms with Gasteiger partial charge in [-0.1, -0.05) is 18.2 Å². The molecule has 0 aromatic heterocycles. The van der Waals surface area contributed by atoms with Crippen molar-refractivity contribution in [2.75, 3.05) is 27.6 Å². The fraction of sp³-hybridized carbons (Fsp3) is 0.310. The zero-order chi connectivity index (χ0) is 29.2. The van der Waals surface area contributed by atoms with Gasteiger partial charge in [-0.2, -0.15) is 0 Å². The molecule has 40 heavy (non-hydrogen) atoms. The molecule has 0 aliphatic carbocycles. The van der Waals surface area contributed by atoms with Crippen LogP contribution in [0.4, 0.5) is 27.5 Å². The highest BCUT2D eigenvalue weighted by atomic mass is 32.2. The average molecular weight is 565 g/mol. The van der Waals surface area contributed by atoms with Gasteiger partial charge in [-0.15, -0.1) is 4.91 Å². The Morgan fingerprint density at radius 2 is 1.70 bits per heavy atom. The molecule has 0 saturated heterocycles. The summed E-state index contributed by atoms with van der Waals surface area (Å²) in [5.41, 5.74) is 2.77. The van der Waals surface area contributed by atoms with Crippen molar-refractivity contribution in [3.05, 3.63) is 82.3 Å². The number of nitroso groups, excluding NO2 is 1. The van der Waals surface area contributed by atoms with Crippen molar-refractivity contribution in [2.45, 2.75) is 51.5 Å². The predicted molar refractivity (Wildman–Crippen MR) is 155 cm³/mol. The summed E-state index contributed by atoms with van der Waals surface area (Å²) in [6, 6.07) is 15.9. The minimum absolute atomic E-state index is 0.0671. The molecule has 0 atom stereocenters. The van der Waals surface area contributed by atoms with Gasteiger partial charge in [0.25, 0.3) is 10.0 Å². The van der Waals surface area contributed by atoms with Gasteiger partial charge < -0.3 is 10.1 Å². The van der Waals surface area contributed by atoms with E-state index < -0.39 is 34.2 Å². The highest BCUT2D eigenvalue weighted by molar-refractivity contribution is 7.92. The predicted octanol–water partition coefficient (Wildman–Crippen LogP) is 5.83. The van der Waals surface area contributed by atoms with Crippen LogP contribution in [0.5, 0.6) is 0 Å². The zero-order valence-electron chi connectivity index (χ0n) is 23.1. The summed E-state index contributed by atoms with van der Waals surface area (Å²) in [5, 5.41) is 5.66. The Hall–Kier alpha value is -4.25. The molecular weight excluding hydrogens is 532 g/mol. The van der Waals surface area contributed by atoms with Gasteiger partial charge in [-0.25, -0.2) is 13.2 Å². The molecule has 2 amide bonds. The van der Waals surface area contributed by atoms with Crippen LogP contribution in [0.1, 0.15) is 37.5 Å². The van der Waals surface area contributed by atoms with E-state index in [9.17, 15) is 22.9 Å². The Balaban J connectivity index is 1.68. The van der Waals surface area contributed by atoms with E-state index in [-0.39, 0.29) is 22.0 Å². The number of para-hydroxylation sites is 1. The summed E-state index contributed by atoms with van der Waals surface area (Å²) in [4.78, 5) is 38.6. The van der Waals surface area contributed by atoms with E-state index >= 15 is 0 Å². The molecule has 1 aliphatic rings. The fourth-order valence-electron chi connectivity index (χ4n) is 4.61. The lowest BCUT2D eigenvalue weighted by molar-refractivity contribution is -0.152. The number of carbonyl (C=O) groups is 2. The molecule has 1 N–H and O–H groups in total. The van der Waals surface area contributed by atoms with Gasteiger partial charge in [-0.3, -0.25) is 14.0 Å². The first-order valence-electron chi connectivity index (χ1n) is 12.8. The van der Waals surface area contributed by atoms with E-state index in [1.54, 1.807) is 69.3 Å². The minimum Gasteiger partial charge on any atom is -0.459 e. The fourth-order valence-corrected chi connectivity index (χ4v) is 6.20. The Labute approximate surface area is 234 Å². The number of ether oxygens (including phenoxy) is 1. The first-order chi connectivity index (χ1) is 18.8. The topological polar surface area (TPSA) is 125 Å². The number of carbonyl (C=O) groups excluding carboxylic acids is 2. The quantitative estimate of drug-likeness (QED) is 0.284. The number of benzene rings is 3. The Morgan fingerprint density at radius 3 is 2.35 bits per heavy atom. The summed E-state index contributed by atoms with van der Waals surface area (Å²) < 4.78 is 34.3. The number of anilines is 3. The van der Waals surface area contributed by atoms with Crippen LogP contribution < -0.4 is 14.5 Å². The van der Waals surface area contributed by atoms with Crippen LogP contribution in [0.2, 0.25) is 0 Å². The van der Waals surface area contributed by atoms with Crippen molar-refractivity contribution in [3.63, 3.8) is 0 Å². The Kier molecular flexibility index (Phi) is 7.97. The molecule has 0 unspecified atom stereocenters. The SMILES string of the molecule is Cc1cc(C)cc(S(=O)(=O)N(CC(=O)OC(C)(C)C)c2ccc3c(c2)CCN3C(=O)Nc2ccccc2N=O)c1. The van der Waals surface area contributed by atoms with Crippen molar-refractivity contribution in [1.82, 2.24) is 0 Å². The van der Waals surface area contributed by atoms with E-state index in [1.165, 1.54) is 11.0 Å². The number of nitrogens with zero attached hydrogens (tertiary/aromatic N) is 3. The van der Waals surface area contributed by atoms with Crippen molar-refractivity contribution in [2.24, 2.45) is 5.18 Å². The second kappa shape index (κ2) is 11.1. The summed E-state index contributed by atoms with van der Waals surface area (Å²) in [7, 11) is -4.15. The van der Waals surface area contributed by atoms with Crippen molar-refractivity contribution in [3.8, 4) is 0 Å². The lowest BCUT2D eigenvalue weighted by Gasteiger charge is -2.27. The highest BCUT2D eigenvalue weighted by Crippen LogP contribution is 2.35. The van der Waals surface area contributed by atoms with Crippen LogP contribution in [0.3, 0.4) is 0 Å². The number of urea groups is 1. The molecular formula is C29H32N4O6S. The van der Waals surface area contributed by atoms with Crippen LogP contribution >= 0.6 is 0 Å². The number of aryl methyl sites for hydroxylation is 2. The molecule has 0 fully saturated rings. The molecule has 0 bridgehead atoms. The third kappa shape index (κ3) is 6.31. The maximum Gasteiger partial charge on any atom is 0.327 e. The average Bonchev–Trinajstić information content (AvgIpc) is 3.29. The maximum absolute atomic E-state index is 13.9. The molecule has 0 spiro atoms. The lowest BCUT2D eigenvalue weighted by Crippen LogP contribution is -2.39. The Bertz CT molecular complexity index is 1560. The monoisotopic (exact) mass is 564 g/mol. The molecule has 3 aromatic carbocycles. The number of nitrogens with one attached hydrogen (secondary N) is 1. The first kappa shape index (κ1) is 28.8. The molecule has 0 radical (unpaired) electrons. The Morgan fingerprint density at radius 1 is 1.02 bits per heavy atom.